The molecule has 0 saturated carbocycles. The zero-order chi connectivity index (χ0) is 16.4. The summed E-state index contributed by atoms with van der Waals surface area (Å²) in [5, 5.41) is 0. The van der Waals surface area contributed by atoms with E-state index >= 15 is 0 Å². The lowest BCUT2D eigenvalue weighted by Gasteiger charge is -2.10. The normalized spacial score (nSPS) is 15.2. The Morgan fingerprint density at radius 3 is 1.74 bits per heavy atom. The van der Waals surface area contributed by atoms with Crippen LogP contribution < -0.4 is 0 Å². The molecule has 23 heavy (non-hydrogen) atoms. The fraction of sp³-hybridized carbons (Fsp3) is 0.300. The SMILES string of the molecule is CCc1ccc(C2=C(c3ccc(S(C)(=O)=O)cc3)CCC2)cc1. The van der Waals surface area contributed by atoms with Crippen LogP contribution >= 0.6 is 0 Å². The molecule has 0 spiro atoms. The van der Waals surface area contributed by atoms with Crippen molar-refractivity contribution in [1.82, 2.24) is 0 Å². The number of aryl methyl sites for hydroxylation is 1. The molecule has 2 nitrogen and oxygen atoms in total. The van der Waals surface area contributed by atoms with E-state index in [9.17, 15) is 8.42 Å². The van der Waals surface area contributed by atoms with Crippen LogP contribution in [0.4, 0.5) is 0 Å². The number of hydrogen-bond acceptors (Lipinski definition) is 2. The Bertz CT molecular complexity index is 826. The van der Waals surface area contributed by atoms with Crippen LogP contribution in [0.5, 0.6) is 0 Å². The lowest BCUT2D eigenvalue weighted by Crippen LogP contribution is -1.97. The highest BCUT2D eigenvalue weighted by Crippen LogP contribution is 2.39. The van der Waals surface area contributed by atoms with E-state index in [0.29, 0.717) is 4.90 Å². The Hall–Kier alpha value is -1.87. The summed E-state index contributed by atoms with van der Waals surface area (Å²) >= 11 is 0. The fourth-order valence-electron chi connectivity index (χ4n) is 3.23. The molecule has 1 aliphatic carbocycles. The summed E-state index contributed by atoms with van der Waals surface area (Å²) < 4.78 is 23.2. The van der Waals surface area contributed by atoms with Crippen molar-refractivity contribution >= 4 is 21.0 Å². The van der Waals surface area contributed by atoms with Crippen molar-refractivity contribution in [2.45, 2.75) is 37.5 Å². The van der Waals surface area contributed by atoms with Crippen LogP contribution in [0.25, 0.3) is 11.1 Å². The highest BCUT2D eigenvalue weighted by molar-refractivity contribution is 7.90. The molecule has 0 saturated heterocycles. The summed E-state index contributed by atoms with van der Waals surface area (Å²) in [6.45, 7) is 2.17. The zero-order valence-corrected chi connectivity index (χ0v) is 14.5. The molecule has 0 radical (unpaired) electrons. The van der Waals surface area contributed by atoms with E-state index in [4.69, 9.17) is 0 Å². The molecule has 120 valence electrons. The van der Waals surface area contributed by atoms with E-state index in [-0.39, 0.29) is 0 Å². The molecule has 3 rings (SSSR count). The quantitative estimate of drug-likeness (QED) is 0.812. The van der Waals surface area contributed by atoms with Crippen molar-refractivity contribution in [2.24, 2.45) is 0 Å². The molecule has 1 aliphatic rings. The maximum absolute atomic E-state index is 11.6. The van der Waals surface area contributed by atoms with Crippen molar-refractivity contribution < 1.29 is 8.42 Å². The standard InChI is InChI=1S/C20H22O2S/c1-3-15-7-9-16(10-8-15)19-5-4-6-20(19)17-11-13-18(14-12-17)23(2,21)22/h7-14H,3-6H2,1-2H3. The number of rotatable bonds is 4. The van der Waals surface area contributed by atoms with Crippen LogP contribution in [0, 0.1) is 0 Å². The second-order valence-corrected chi connectivity index (χ2v) is 8.17. The minimum Gasteiger partial charge on any atom is -0.224 e. The Balaban J connectivity index is 1.98. The van der Waals surface area contributed by atoms with Crippen LogP contribution in [0.2, 0.25) is 0 Å². The van der Waals surface area contributed by atoms with Gasteiger partial charge >= 0.3 is 0 Å². The molecule has 0 bridgehead atoms. The maximum atomic E-state index is 11.6. The lowest BCUT2D eigenvalue weighted by molar-refractivity contribution is 0.602. The Kier molecular flexibility index (Phi) is 4.40. The van der Waals surface area contributed by atoms with Crippen molar-refractivity contribution in [3.8, 4) is 0 Å². The van der Waals surface area contributed by atoms with Crippen molar-refractivity contribution in [3.63, 3.8) is 0 Å². The van der Waals surface area contributed by atoms with Gasteiger partial charge in [0.25, 0.3) is 0 Å². The Morgan fingerprint density at radius 2 is 1.30 bits per heavy atom. The van der Waals surface area contributed by atoms with Gasteiger partial charge < -0.3 is 0 Å². The average molecular weight is 326 g/mol. The number of allylic oxidation sites excluding steroid dienone is 2. The van der Waals surface area contributed by atoms with Gasteiger partial charge in [-0.25, -0.2) is 8.42 Å². The molecular weight excluding hydrogens is 304 g/mol. The predicted molar refractivity (Wildman–Crippen MR) is 96.0 cm³/mol. The van der Waals surface area contributed by atoms with Gasteiger partial charge in [0.15, 0.2) is 9.84 Å². The third-order valence-electron chi connectivity index (χ3n) is 4.56. The maximum Gasteiger partial charge on any atom is 0.175 e. The van der Waals surface area contributed by atoms with Gasteiger partial charge in [0.1, 0.15) is 0 Å². The molecule has 2 aromatic carbocycles. The Morgan fingerprint density at radius 1 is 0.826 bits per heavy atom. The first-order chi connectivity index (χ1) is 11.0. The lowest BCUT2D eigenvalue weighted by atomic mass is 9.96. The highest BCUT2D eigenvalue weighted by atomic mass is 32.2. The van der Waals surface area contributed by atoms with Crippen LogP contribution in [0.3, 0.4) is 0 Å². The van der Waals surface area contributed by atoms with Gasteiger partial charge in [-0.05, 0) is 65.7 Å². The second kappa shape index (κ2) is 6.32. The molecule has 3 heteroatoms. The average Bonchev–Trinajstić information content (AvgIpc) is 3.04. The summed E-state index contributed by atoms with van der Waals surface area (Å²) in [6, 6.07) is 16.1. The number of sulfone groups is 1. The molecule has 0 aliphatic heterocycles. The molecule has 0 aromatic heterocycles. The van der Waals surface area contributed by atoms with Crippen LogP contribution in [0.15, 0.2) is 53.4 Å². The van der Waals surface area contributed by atoms with E-state index < -0.39 is 9.84 Å². The topological polar surface area (TPSA) is 34.1 Å². The monoisotopic (exact) mass is 326 g/mol. The second-order valence-electron chi connectivity index (χ2n) is 6.16. The van der Waals surface area contributed by atoms with E-state index in [1.54, 1.807) is 12.1 Å². The van der Waals surface area contributed by atoms with E-state index in [2.05, 4.69) is 31.2 Å². The summed E-state index contributed by atoms with van der Waals surface area (Å²) in [7, 11) is -3.13. The van der Waals surface area contributed by atoms with Gasteiger partial charge in [0, 0.05) is 6.26 Å². The molecule has 0 unspecified atom stereocenters. The first-order valence-electron chi connectivity index (χ1n) is 8.11. The van der Waals surface area contributed by atoms with Crippen molar-refractivity contribution in [2.75, 3.05) is 6.26 Å². The van der Waals surface area contributed by atoms with Gasteiger partial charge in [0.2, 0.25) is 0 Å². The summed E-state index contributed by atoms with van der Waals surface area (Å²) in [6.07, 6.45) is 5.61. The third kappa shape index (κ3) is 3.40. The minimum absolute atomic E-state index is 0.383. The number of benzene rings is 2. The van der Waals surface area contributed by atoms with Crippen LogP contribution in [0.1, 0.15) is 42.9 Å². The van der Waals surface area contributed by atoms with Crippen molar-refractivity contribution in [3.05, 3.63) is 65.2 Å². The fourth-order valence-corrected chi connectivity index (χ4v) is 3.86. The molecule has 0 amide bonds. The molecule has 0 N–H and O–H groups in total. The predicted octanol–water partition coefficient (Wildman–Crippen LogP) is 4.75. The van der Waals surface area contributed by atoms with Gasteiger partial charge in [-0.2, -0.15) is 0 Å². The van der Waals surface area contributed by atoms with E-state index in [1.165, 1.54) is 28.5 Å². The van der Waals surface area contributed by atoms with Gasteiger partial charge in [-0.3, -0.25) is 0 Å². The molecule has 2 aromatic rings. The first-order valence-corrected chi connectivity index (χ1v) is 10.00. The summed E-state index contributed by atoms with van der Waals surface area (Å²) in [5.41, 5.74) is 6.55. The molecular formula is C20H22O2S. The Labute approximate surface area is 138 Å². The molecule has 0 fully saturated rings. The van der Waals surface area contributed by atoms with Gasteiger partial charge in [-0.1, -0.05) is 43.3 Å². The smallest absolute Gasteiger partial charge is 0.175 e. The minimum atomic E-state index is -3.13. The van der Waals surface area contributed by atoms with Gasteiger partial charge in [-0.15, -0.1) is 0 Å². The van der Waals surface area contributed by atoms with Gasteiger partial charge in [0.05, 0.1) is 4.90 Å². The van der Waals surface area contributed by atoms with Crippen LogP contribution in [-0.4, -0.2) is 14.7 Å². The molecule has 0 atom stereocenters. The first kappa shape index (κ1) is 16.0. The van der Waals surface area contributed by atoms with E-state index in [1.807, 2.05) is 12.1 Å². The zero-order valence-electron chi connectivity index (χ0n) is 13.7. The summed E-state index contributed by atoms with van der Waals surface area (Å²) in [4.78, 5) is 0.383. The highest BCUT2D eigenvalue weighted by Gasteiger charge is 2.18. The van der Waals surface area contributed by atoms with E-state index in [0.717, 1.165) is 31.2 Å². The summed E-state index contributed by atoms with van der Waals surface area (Å²) in [5.74, 6) is 0. The number of hydrogen-bond donors (Lipinski definition) is 0. The third-order valence-corrected chi connectivity index (χ3v) is 5.69. The van der Waals surface area contributed by atoms with Crippen LogP contribution in [-0.2, 0) is 16.3 Å². The van der Waals surface area contributed by atoms with Crippen molar-refractivity contribution in [1.29, 1.82) is 0 Å². The molecule has 0 heterocycles. The largest absolute Gasteiger partial charge is 0.224 e.